The third-order valence-corrected chi connectivity index (χ3v) is 5.14. The molecule has 4 rings (SSSR count). The maximum Gasteiger partial charge on any atom is 0.363 e. The van der Waals surface area contributed by atoms with Gasteiger partial charge in [-0.3, -0.25) is 0 Å². The number of carbonyl (C=O) groups is 1. The number of esters is 1. The highest BCUT2D eigenvalue weighted by atomic mass is 35.5. The fraction of sp³-hybridized carbons (Fsp3) is 0.185. The van der Waals surface area contributed by atoms with Gasteiger partial charge in [0.15, 0.2) is 5.70 Å². The van der Waals surface area contributed by atoms with E-state index in [1.54, 1.807) is 24.3 Å². The molecule has 0 aromatic heterocycles. The fourth-order valence-corrected chi connectivity index (χ4v) is 3.37. The molecule has 174 valence electrons. The SMILES string of the molecule is Cc1ccc(OCCOCCOc2ccc(Cl)cc2/C=C2/N=C(c3ccccc3)OC2=O)cc1. The molecule has 6 nitrogen and oxygen atoms in total. The molecule has 0 spiro atoms. The van der Waals surface area contributed by atoms with E-state index in [0.717, 1.165) is 11.3 Å². The maximum absolute atomic E-state index is 12.3. The molecule has 0 saturated heterocycles. The van der Waals surface area contributed by atoms with Gasteiger partial charge in [-0.25, -0.2) is 9.79 Å². The average Bonchev–Trinajstić information content (AvgIpc) is 3.21. The summed E-state index contributed by atoms with van der Waals surface area (Å²) in [7, 11) is 0. The quantitative estimate of drug-likeness (QED) is 0.220. The lowest BCUT2D eigenvalue weighted by Crippen LogP contribution is -2.12. The Bertz CT molecular complexity index is 1190. The van der Waals surface area contributed by atoms with Crippen LogP contribution in [0.2, 0.25) is 5.02 Å². The van der Waals surface area contributed by atoms with Gasteiger partial charge in [-0.2, -0.15) is 0 Å². The minimum Gasteiger partial charge on any atom is -0.491 e. The summed E-state index contributed by atoms with van der Waals surface area (Å²) in [6, 6.07) is 22.3. The molecule has 3 aromatic carbocycles. The number of hydrogen-bond donors (Lipinski definition) is 0. The molecule has 0 bridgehead atoms. The molecule has 0 aliphatic carbocycles. The van der Waals surface area contributed by atoms with Gasteiger partial charge in [0.1, 0.15) is 24.7 Å². The van der Waals surface area contributed by atoms with Crippen LogP contribution >= 0.6 is 11.6 Å². The van der Waals surface area contributed by atoms with Crippen LogP contribution in [0.15, 0.2) is 83.5 Å². The fourth-order valence-electron chi connectivity index (χ4n) is 3.19. The Morgan fingerprint density at radius 1 is 0.912 bits per heavy atom. The summed E-state index contributed by atoms with van der Waals surface area (Å²) in [5.74, 6) is 1.12. The monoisotopic (exact) mass is 477 g/mol. The molecule has 0 amide bonds. The van der Waals surface area contributed by atoms with E-state index < -0.39 is 5.97 Å². The molecule has 0 N–H and O–H groups in total. The number of cyclic esters (lactones) is 1. The van der Waals surface area contributed by atoms with E-state index in [9.17, 15) is 4.79 Å². The first kappa shape index (κ1) is 23.5. The van der Waals surface area contributed by atoms with Gasteiger partial charge in [-0.15, -0.1) is 0 Å². The molecule has 0 saturated carbocycles. The summed E-state index contributed by atoms with van der Waals surface area (Å²) < 4.78 is 22.4. The zero-order valence-electron chi connectivity index (χ0n) is 18.7. The predicted molar refractivity (Wildman–Crippen MR) is 131 cm³/mol. The third-order valence-electron chi connectivity index (χ3n) is 4.91. The van der Waals surface area contributed by atoms with E-state index in [-0.39, 0.29) is 11.6 Å². The Morgan fingerprint density at radius 2 is 1.65 bits per heavy atom. The number of aryl methyl sites for hydroxylation is 1. The Balaban J connectivity index is 1.31. The molecular formula is C27H24ClNO5. The molecule has 1 aliphatic rings. The van der Waals surface area contributed by atoms with E-state index >= 15 is 0 Å². The van der Waals surface area contributed by atoms with Gasteiger partial charge in [0.25, 0.3) is 0 Å². The van der Waals surface area contributed by atoms with Crippen LogP contribution in [0.25, 0.3) is 6.08 Å². The van der Waals surface area contributed by atoms with Crippen molar-refractivity contribution in [2.24, 2.45) is 4.99 Å². The third kappa shape index (κ3) is 6.47. The molecule has 0 unspecified atom stereocenters. The summed E-state index contributed by atoms with van der Waals surface area (Å²) >= 11 is 6.17. The molecule has 7 heteroatoms. The van der Waals surface area contributed by atoms with Crippen molar-refractivity contribution in [1.82, 2.24) is 0 Å². The van der Waals surface area contributed by atoms with Crippen LogP contribution in [0.5, 0.6) is 11.5 Å². The van der Waals surface area contributed by atoms with Crippen LogP contribution in [-0.2, 0) is 14.3 Å². The standard InChI is InChI=1S/C27H24ClNO5/c1-19-7-10-23(11-8-19)32-15-13-31-14-16-33-25-12-9-22(28)17-21(25)18-24-27(30)34-26(29-24)20-5-3-2-4-6-20/h2-12,17-18H,13-16H2,1H3/b24-18+. The van der Waals surface area contributed by atoms with Crippen molar-refractivity contribution in [2.45, 2.75) is 6.92 Å². The molecule has 3 aromatic rings. The Kier molecular flexibility index (Phi) is 7.96. The molecular weight excluding hydrogens is 454 g/mol. The van der Waals surface area contributed by atoms with Crippen LogP contribution in [0.1, 0.15) is 16.7 Å². The Morgan fingerprint density at radius 3 is 2.41 bits per heavy atom. The Labute approximate surface area is 203 Å². The number of halogens is 1. The average molecular weight is 478 g/mol. The molecule has 1 aliphatic heterocycles. The van der Waals surface area contributed by atoms with Crippen molar-refractivity contribution < 1.29 is 23.7 Å². The number of ether oxygens (including phenoxy) is 4. The highest BCUT2D eigenvalue weighted by Gasteiger charge is 2.24. The largest absolute Gasteiger partial charge is 0.491 e. The van der Waals surface area contributed by atoms with E-state index in [1.807, 2.05) is 61.5 Å². The van der Waals surface area contributed by atoms with Crippen LogP contribution < -0.4 is 9.47 Å². The molecule has 34 heavy (non-hydrogen) atoms. The van der Waals surface area contributed by atoms with Crippen LogP contribution in [0.3, 0.4) is 0 Å². The normalized spacial score (nSPS) is 14.1. The summed E-state index contributed by atoms with van der Waals surface area (Å²) in [6.07, 6.45) is 1.61. The second-order valence-electron chi connectivity index (χ2n) is 7.51. The van der Waals surface area contributed by atoms with Crippen molar-refractivity contribution in [3.63, 3.8) is 0 Å². The van der Waals surface area contributed by atoms with Crippen molar-refractivity contribution in [3.05, 3.63) is 100 Å². The van der Waals surface area contributed by atoms with Crippen molar-refractivity contribution in [1.29, 1.82) is 0 Å². The first-order valence-electron chi connectivity index (χ1n) is 10.9. The smallest absolute Gasteiger partial charge is 0.363 e. The molecule has 0 atom stereocenters. The zero-order chi connectivity index (χ0) is 23.8. The minimum atomic E-state index is -0.526. The van der Waals surface area contributed by atoms with E-state index in [4.69, 9.17) is 30.5 Å². The Hall–Kier alpha value is -3.61. The van der Waals surface area contributed by atoms with Gasteiger partial charge < -0.3 is 18.9 Å². The number of rotatable bonds is 10. The number of hydrogen-bond acceptors (Lipinski definition) is 6. The van der Waals surface area contributed by atoms with Crippen LogP contribution in [0.4, 0.5) is 0 Å². The number of nitrogens with zero attached hydrogens (tertiary/aromatic N) is 1. The molecule has 0 radical (unpaired) electrons. The van der Waals surface area contributed by atoms with Crippen molar-refractivity contribution in [2.75, 3.05) is 26.4 Å². The van der Waals surface area contributed by atoms with Crippen molar-refractivity contribution >= 4 is 29.5 Å². The van der Waals surface area contributed by atoms with Gasteiger partial charge in [0, 0.05) is 16.1 Å². The van der Waals surface area contributed by atoms with E-state index in [1.165, 1.54) is 5.56 Å². The van der Waals surface area contributed by atoms with Crippen molar-refractivity contribution in [3.8, 4) is 11.5 Å². The maximum atomic E-state index is 12.3. The van der Waals surface area contributed by atoms with E-state index in [0.29, 0.717) is 42.8 Å². The second-order valence-corrected chi connectivity index (χ2v) is 7.94. The van der Waals surface area contributed by atoms with Crippen LogP contribution in [-0.4, -0.2) is 38.3 Å². The van der Waals surface area contributed by atoms with Gasteiger partial charge >= 0.3 is 5.97 Å². The highest BCUT2D eigenvalue weighted by molar-refractivity contribution is 6.30. The van der Waals surface area contributed by atoms with E-state index in [2.05, 4.69) is 4.99 Å². The van der Waals surface area contributed by atoms with Gasteiger partial charge in [-0.1, -0.05) is 47.5 Å². The number of carbonyl (C=O) groups excluding carboxylic acids is 1. The summed E-state index contributed by atoms with van der Waals surface area (Å²) in [6.45, 7) is 3.63. The number of aliphatic imine (C=N–C) groups is 1. The lowest BCUT2D eigenvalue weighted by atomic mass is 10.1. The lowest BCUT2D eigenvalue weighted by Gasteiger charge is -2.11. The summed E-state index contributed by atoms with van der Waals surface area (Å²) in [5, 5.41) is 0.516. The van der Waals surface area contributed by atoms with Gasteiger partial charge in [0.2, 0.25) is 5.90 Å². The summed E-state index contributed by atoms with van der Waals surface area (Å²) in [4.78, 5) is 16.7. The zero-order valence-corrected chi connectivity index (χ0v) is 19.5. The predicted octanol–water partition coefficient (Wildman–Crippen LogP) is 5.47. The molecule has 0 fully saturated rings. The van der Waals surface area contributed by atoms with Crippen LogP contribution in [0, 0.1) is 6.92 Å². The minimum absolute atomic E-state index is 0.176. The van der Waals surface area contributed by atoms with Gasteiger partial charge in [0.05, 0.1) is 13.2 Å². The lowest BCUT2D eigenvalue weighted by molar-refractivity contribution is -0.129. The summed E-state index contributed by atoms with van der Waals surface area (Å²) in [5.41, 5.74) is 2.72. The highest BCUT2D eigenvalue weighted by Crippen LogP contribution is 2.27. The number of benzene rings is 3. The first-order valence-corrected chi connectivity index (χ1v) is 11.2. The van der Waals surface area contributed by atoms with Gasteiger partial charge in [-0.05, 0) is 55.5 Å². The first-order chi connectivity index (χ1) is 16.6. The molecule has 1 heterocycles. The second kappa shape index (κ2) is 11.5. The topological polar surface area (TPSA) is 66.3 Å².